The number of fused-ring (bicyclic) bond motifs is 1. The van der Waals surface area contributed by atoms with E-state index in [9.17, 15) is 13.2 Å². The number of hydrogen-bond acceptors (Lipinski definition) is 6. The van der Waals surface area contributed by atoms with Crippen molar-refractivity contribution in [1.82, 2.24) is 19.9 Å². The van der Waals surface area contributed by atoms with E-state index < -0.39 is 6.68 Å². The third-order valence-corrected chi connectivity index (χ3v) is 6.25. The molecule has 1 saturated heterocycles. The lowest BCUT2D eigenvalue weighted by atomic mass is 9.82. The minimum absolute atomic E-state index is 0.0286. The van der Waals surface area contributed by atoms with Crippen LogP contribution < -0.4 is 4.90 Å². The van der Waals surface area contributed by atoms with Crippen LogP contribution in [0.3, 0.4) is 0 Å². The molecule has 0 radical (unpaired) electrons. The summed E-state index contributed by atoms with van der Waals surface area (Å²) in [5.74, 6) is 1.50. The van der Waals surface area contributed by atoms with Gasteiger partial charge < -0.3 is 9.64 Å². The molecular formula is C24H28F3N5O. The summed E-state index contributed by atoms with van der Waals surface area (Å²) < 4.78 is 35.1. The minimum atomic E-state index is -3.67. The Balaban J connectivity index is 0.000000601. The number of pyridine rings is 2. The van der Waals surface area contributed by atoms with Gasteiger partial charge in [-0.1, -0.05) is 6.42 Å². The molecule has 1 unspecified atom stereocenters. The third-order valence-electron chi connectivity index (χ3n) is 6.25. The summed E-state index contributed by atoms with van der Waals surface area (Å²) in [4.78, 5) is 21.5. The second kappa shape index (κ2) is 9.99. The normalized spacial score (nSPS) is 18.8. The molecule has 1 atom stereocenters. The fourth-order valence-corrected chi connectivity index (χ4v) is 4.20. The van der Waals surface area contributed by atoms with Gasteiger partial charge in [-0.2, -0.15) is 13.2 Å². The number of alkyl halides is 3. The van der Waals surface area contributed by atoms with Crippen molar-refractivity contribution in [2.45, 2.75) is 58.7 Å². The number of nitrogens with zero attached hydrogens (tertiary/aromatic N) is 5. The van der Waals surface area contributed by atoms with Gasteiger partial charge in [0, 0.05) is 37.0 Å². The monoisotopic (exact) mass is 459 g/mol. The van der Waals surface area contributed by atoms with E-state index in [0.717, 1.165) is 52.7 Å². The molecule has 9 heteroatoms. The van der Waals surface area contributed by atoms with Gasteiger partial charge in [-0.3, -0.25) is 4.98 Å². The molecule has 1 aliphatic heterocycles. The number of aryl methyl sites for hydroxylation is 3. The van der Waals surface area contributed by atoms with Crippen molar-refractivity contribution in [2.75, 3.05) is 24.6 Å². The number of morpholine rings is 1. The Labute approximate surface area is 191 Å². The van der Waals surface area contributed by atoms with Crippen LogP contribution >= 0.6 is 0 Å². The van der Waals surface area contributed by atoms with Crippen LogP contribution in [0.25, 0.3) is 11.0 Å². The van der Waals surface area contributed by atoms with Gasteiger partial charge in [0.15, 0.2) is 0 Å². The fourth-order valence-electron chi connectivity index (χ4n) is 4.20. The Morgan fingerprint density at radius 3 is 2.42 bits per heavy atom. The number of anilines is 1. The zero-order chi connectivity index (χ0) is 23.5. The first-order chi connectivity index (χ1) is 15.8. The number of aromatic nitrogens is 4. The SMILES string of the molecule is Cc1cc(C2CN(c3cc4nc(C)c(C)nc4c(C4CCC4)n3)CCO2)ccn1.FC(F)F. The molecule has 2 fully saturated rings. The molecule has 0 amide bonds. The van der Waals surface area contributed by atoms with Crippen LogP contribution in [0.1, 0.15) is 59.6 Å². The third kappa shape index (κ3) is 5.40. The van der Waals surface area contributed by atoms with Crippen molar-refractivity contribution in [3.63, 3.8) is 0 Å². The van der Waals surface area contributed by atoms with Crippen LogP contribution in [0.4, 0.5) is 19.0 Å². The van der Waals surface area contributed by atoms with Crippen LogP contribution in [-0.2, 0) is 4.74 Å². The van der Waals surface area contributed by atoms with E-state index in [4.69, 9.17) is 19.7 Å². The highest BCUT2D eigenvalue weighted by atomic mass is 19.4. The highest BCUT2D eigenvalue weighted by Crippen LogP contribution is 2.39. The Morgan fingerprint density at radius 2 is 1.76 bits per heavy atom. The standard InChI is InChI=1S/C23H27N5O.CHF3/c1-14-11-18(7-8-24-14)20-13-28(9-10-29-20)21-12-19-23(26-16(3)15(2)25-19)22(27-21)17-5-4-6-17;2-1(3)4/h7-8,11-12,17,20H,4-6,9-10,13H2,1-3H3;1H. The van der Waals surface area contributed by atoms with Crippen molar-refractivity contribution in [2.24, 2.45) is 0 Å². The summed E-state index contributed by atoms with van der Waals surface area (Å²) in [6.07, 6.45) is 5.55. The first-order valence-electron chi connectivity index (χ1n) is 11.2. The van der Waals surface area contributed by atoms with E-state index in [1.54, 1.807) is 0 Å². The molecule has 2 aliphatic rings. The molecule has 3 aromatic heterocycles. The van der Waals surface area contributed by atoms with Crippen molar-refractivity contribution in [1.29, 1.82) is 0 Å². The zero-order valence-corrected chi connectivity index (χ0v) is 19.1. The highest BCUT2D eigenvalue weighted by molar-refractivity contribution is 5.80. The predicted molar refractivity (Wildman–Crippen MR) is 120 cm³/mol. The molecular weight excluding hydrogens is 431 g/mol. The summed E-state index contributed by atoms with van der Waals surface area (Å²) in [5.41, 5.74) is 7.24. The van der Waals surface area contributed by atoms with Crippen LogP contribution in [0.2, 0.25) is 0 Å². The second-order valence-electron chi connectivity index (χ2n) is 8.54. The summed E-state index contributed by atoms with van der Waals surface area (Å²) in [7, 11) is 0. The molecule has 1 aliphatic carbocycles. The molecule has 176 valence electrons. The van der Waals surface area contributed by atoms with Gasteiger partial charge in [0.05, 0.1) is 29.2 Å². The summed E-state index contributed by atoms with van der Waals surface area (Å²) in [5, 5.41) is 0. The molecule has 3 aromatic rings. The lowest BCUT2D eigenvalue weighted by Gasteiger charge is -2.35. The molecule has 4 heterocycles. The Morgan fingerprint density at radius 1 is 1.03 bits per heavy atom. The van der Waals surface area contributed by atoms with Gasteiger partial charge in [0.1, 0.15) is 17.4 Å². The second-order valence-corrected chi connectivity index (χ2v) is 8.54. The van der Waals surface area contributed by atoms with Crippen molar-refractivity contribution < 1.29 is 17.9 Å². The molecule has 1 saturated carbocycles. The maximum absolute atomic E-state index is 9.67. The van der Waals surface area contributed by atoms with Gasteiger partial charge in [-0.25, -0.2) is 15.0 Å². The maximum Gasteiger partial charge on any atom is 0.379 e. The average Bonchev–Trinajstić information content (AvgIpc) is 2.73. The summed E-state index contributed by atoms with van der Waals surface area (Å²) in [6.45, 7) is 4.71. The van der Waals surface area contributed by atoms with Crippen molar-refractivity contribution in [3.8, 4) is 0 Å². The van der Waals surface area contributed by atoms with Crippen LogP contribution in [0.5, 0.6) is 0 Å². The van der Waals surface area contributed by atoms with Gasteiger partial charge in [0.25, 0.3) is 0 Å². The quantitative estimate of drug-likeness (QED) is 0.525. The van der Waals surface area contributed by atoms with E-state index in [1.165, 1.54) is 24.8 Å². The van der Waals surface area contributed by atoms with Gasteiger partial charge in [-0.05, 0) is 51.3 Å². The van der Waals surface area contributed by atoms with E-state index in [0.29, 0.717) is 12.5 Å². The van der Waals surface area contributed by atoms with Gasteiger partial charge in [-0.15, -0.1) is 0 Å². The largest absolute Gasteiger partial charge is 0.379 e. The first kappa shape index (κ1) is 23.4. The smallest absolute Gasteiger partial charge is 0.370 e. The molecule has 6 nitrogen and oxygen atoms in total. The van der Waals surface area contributed by atoms with E-state index in [2.05, 4.69) is 22.0 Å². The number of ether oxygens (including phenoxy) is 1. The van der Waals surface area contributed by atoms with Gasteiger partial charge in [0.2, 0.25) is 0 Å². The van der Waals surface area contributed by atoms with Crippen LogP contribution in [-0.4, -0.2) is 46.3 Å². The Kier molecular flexibility index (Phi) is 7.07. The topological polar surface area (TPSA) is 64.0 Å². The molecule has 33 heavy (non-hydrogen) atoms. The van der Waals surface area contributed by atoms with E-state index in [-0.39, 0.29) is 6.10 Å². The number of halogens is 3. The highest BCUT2D eigenvalue weighted by Gasteiger charge is 2.28. The number of rotatable bonds is 3. The fraction of sp³-hybridized carbons (Fsp3) is 0.500. The zero-order valence-electron chi connectivity index (χ0n) is 19.1. The minimum Gasteiger partial charge on any atom is -0.370 e. The van der Waals surface area contributed by atoms with Crippen LogP contribution in [0, 0.1) is 20.8 Å². The maximum atomic E-state index is 9.67. The molecule has 0 N–H and O–H groups in total. The van der Waals surface area contributed by atoms with E-state index >= 15 is 0 Å². The van der Waals surface area contributed by atoms with Crippen molar-refractivity contribution in [3.05, 3.63) is 52.7 Å². The molecule has 0 bridgehead atoms. The van der Waals surface area contributed by atoms with Gasteiger partial charge >= 0.3 is 6.68 Å². The molecule has 0 spiro atoms. The summed E-state index contributed by atoms with van der Waals surface area (Å²) in [6, 6.07) is 6.27. The average molecular weight is 460 g/mol. The summed E-state index contributed by atoms with van der Waals surface area (Å²) >= 11 is 0. The lowest BCUT2D eigenvalue weighted by molar-refractivity contribution is 0.00819. The van der Waals surface area contributed by atoms with Crippen molar-refractivity contribution >= 4 is 16.9 Å². The molecule has 0 aromatic carbocycles. The lowest BCUT2D eigenvalue weighted by Crippen LogP contribution is -2.39. The number of hydrogen-bond donors (Lipinski definition) is 0. The Bertz CT molecular complexity index is 1120. The predicted octanol–water partition coefficient (Wildman–Crippen LogP) is 5.37. The molecule has 5 rings (SSSR count). The Hall–Kier alpha value is -2.81. The van der Waals surface area contributed by atoms with E-state index in [1.807, 2.05) is 33.0 Å². The first-order valence-corrected chi connectivity index (χ1v) is 11.2. The van der Waals surface area contributed by atoms with Crippen LogP contribution in [0.15, 0.2) is 24.4 Å².